The maximum absolute atomic E-state index is 13.4. The molecule has 0 spiro atoms. The standard InChI is InChI=1S/C30H30N2O4S/c1-3-36-28-20-19-25(21-26(28)22-32(2)37(34,35)27-17-11-6-12-18-27)30(33)31-29(23-13-7-4-8-14-23)24-15-9-5-10-16-24/h4-21,29H,3,22H2,1-2H3,(H,31,33). The third kappa shape index (κ3) is 6.25. The summed E-state index contributed by atoms with van der Waals surface area (Å²) in [5, 5.41) is 3.14. The first-order valence-electron chi connectivity index (χ1n) is 12.1. The Hall–Kier alpha value is -3.94. The van der Waals surface area contributed by atoms with E-state index in [1.165, 1.54) is 11.4 Å². The van der Waals surface area contributed by atoms with Crippen LogP contribution in [0.1, 0.15) is 40.0 Å². The van der Waals surface area contributed by atoms with Crippen molar-refractivity contribution >= 4 is 15.9 Å². The van der Waals surface area contributed by atoms with Crippen LogP contribution in [0.5, 0.6) is 5.75 Å². The zero-order valence-corrected chi connectivity index (χ0v) is 21.7. The number of nitrogens with zero attached hydrogens (tertiary/aromatic N) is 1. The first kappa shape index (κ1) is 26.1. The lowest BCUT2D eigenvalue weighted by Gasteiger charge is -2.22. The minimum absolute atomic E-state index is 0.0501. The second-order valence-corrected chi connectivity index (χ2v) is 10.6. The first-order valence-corrected chi connectivity index (χ1v) is 13.5. The summed E-state index contributed by atoms with van der Waals surface area (Å²) in [5.41, 5.74) is 2.94. The maximum Gasteiger partial charge on any atom is 0.252 e. The number of carbonyl (C=O) groups is 1. The first-order chi connectivity index (χ1) is 17.9. The Morgan fingerprint density at radius 2 is 1.38 bits per heavy atom. The van der Waals surface area contributed by atoms with E-state index in [4.69, 9.17) is 4.74 Å². The fourth-order valence-electron chi connectivity index (χ4n) is 4.10. The molecule has 0 aliphatic heterocycles. The molecule has 0 aromatic heterocycles. The molecule has 0 saturated carbocycles. The molecule has 1 N–H and O–H groups in total. The van der Waals surface area contributed by atoms with Gasteiger partial charge >= 0.3 is 0 Å². The van der Waals surface area contributed by atoms with Crippen LogP contribution in [0.15, 0.2) is 114 Å². The van der Waals surface area contributed by atoms with Crippen molar-refractivity contribution in [1.29, 1.82) is 0 Å². The largest absolute Gasteiger partial charge is 0.494 e. The van der Waals surface area contributed by atoms with Crippen molar-refractivity contribution in [2.24, 2.45) is 0 Å². The predicted molar refractivity (Wildman–Crippen MR) is 145 cm³/mol. The monoisotopic (exact) mass is 514 g/mol. The molecule has 6 nitrogen and oxygen atoms in total. The van der Waals surface area contributed by atoms with Gasteiger partial charge in [0.25, 0.3) is 5.91 Å². The third-order valence-corrected chi connectivity index (χ3v) is 7.83. The average molecular weight is 515 g/mol. The number of ether oxygens (including phenoxy) is 1. The van der Waals surface area contributed by atoms with E-state index in [0.717, 1.165) is 11.1 Å². The zero-order chi connectivity index (χ0) is 26.3. The van der Waals surface area contributed by atoms with Crippen LogP contribution >= 0.6 is 0 Å². The Morgan fingerprint density at radius 3 is 1.92 bits per heavy atom. The zero-order valence-electron chi connectivity index (χ0n) is 20.9. The van der Waals surface area contributed by atoms with Crippen molar-refractivity contribution in [3.05, 3.63) is 131 Å². The Morgan fingerprint density at radius 1 is 0.838 bits per heavy atom. The quantitative estimate of drug-likeness (QED) is 0.306. The Balaban J connectivity index is 1.62. The summed E-state index contributed by atoms with van der Waals surface area (Å²) in [7, 11) is -2.20. The molecule has 4 aromatic carbocycles. The highest BCUT2D eigenvalue weighted by atomic mass is 32.2. The van der Waals surface area contributed by atoms with Gasteiger partial charge in [-0.25, -0.2) is 8.42 Å². The molecule has 7 heteroatoms. The topological polar surface area (TPSA) is 75.7 Å². The van der Waals surface area contributed by atoms with E-state index < -0.39 is 10.0 Å². The molecular formula is C30H30N2O4S. The van der Waals surface area contributed by atoms with Crippen LogP contribution in [0.25, 0.3) is 0 Å². The van der Waals surface area contributed by atoms with E-state index in [-0.39, 0.29) is 23.4 Å². The lowest BCUT2D eigenvalue weighted by molar-refractivity contribution is 0.0942. The number of amides is 1. The second-order valence-electron chi connectivity index (χ2n) is 8.56. The summed E-state index contributed by atoms with van der Waals surface area (Å²) in [6, 6.07) is 32.6. The molecule has 0 bridgehead atoms. The number of carbonyl (C=O) groups excluding carboxylic acids is 1. The number of benzene rings is 4. The molecule has 0 fully saturated rings. The summed E-state index contributed by atoms with van der Waals surface area (Å²) in [6.07, 6.45) is 0. The van der Waals surface area contributed by atoms with E-state index >= 15 is 0 Å². The molecule has 0 heterocycles. The van der Waals surface area contributed by atoms with Gasteiger partial charge < -0.3 is 10.1 Å². The van der Waals surface area contributed by atoms with Gasteiger partial charge in [-0.05, 0) is 48.4 Å². The fourth-order valence-corrected chi connectivity index (χ4v) is 5.27. The van der Waals surface area contributed by atoms with Crippen molar-refractivity contribution in [3.8, 4) is 5.75 Å². The van der Waals surface area contributed by atoms with Gasteiger partial charge in [0, 0.05) is 24.7 Å². The summed E-state index contributed by atoms with van der Waals surface area (Å²) >= 11 is 0. The van der Waals surface area contributed by atoms with Crippen LogP contribution in [0.2, 0.25) is 0 Å². The fraction of sp³-hybridized carbons (Fsp3) is 0.167. The molecule has 1 amide bonds. The molecule has 190 valence electrons. The van der Waals surface area contributed by atoms with Crippen LogP contribution in [-0.4, -0.2) is 32.3 Å². The van der Waals surface area contributed by atoms with Crippen LogP contribution in [-0.2, 0) is 16.6 Å². The highest BCUT2D eigenvalue weighted by Gasteiger charge is 2.23. The van der Waals surface area contributed by atoms with Gasteiger partial charge in [-0.15, -0.1) is 0 Å². The predicted octanol–water partition coefficient (Wildman–Crippen LogP) is 5.43. The lowest BCUT2D eigenvalue weighted by Crippen LogP contribution is -2.30. The number of hydrogen-bond donors (Lipinski definition) is 1. The average Bonchev–Trinajstić information content (AvgIpc) is 2.94. The molecule has 4 rings (SSSR count). The van der Waals surface area contributed by atoms with Crippen LogP contribution < -0.4 is 10.1 Å². The smallest absolute Gasteiger partial charge is 0.252 e. The number of nitrogens with one attached hydrogen (secondary N) is 1. The summed E-state index contributed by atoms with van der Waals surface area (Å²) in [4.78, 5) is 13.6. The summed E-state index contributed by atoms with van der Waals surface area (Å²) < 4.78 is 33.2. The second kappa shape index (κ2) is 11.9. The van der Waals surface area contributed by atoms with Crippen LogP contribution in [0, 0.1) is 0 Å². The molecule has 4 aromatic rings. The molecule has 0 unspecified atom stereocenters. The number of hydrogen-bond acceptors (Lipinski definition) is 4. The van der Waals surface area contributed by atoms with Gasteiger partial charge in [0.1, 0.15) is 5.75 Å². The lowest BCUT2D eigenvalue weighted by atomic mass is 9.98. The Bertz CT molecular complexity index is 1390. The van der Waals surface area contributed by atoms with Gasteiger partial charge in [0.05, 0.1) is 17.5 Å². The van der Waals surface area contributed by atoms with Crippen molar-refractivity contribution in [1.82, 2.24) is 9.62 Å². The number of sulfonamides is 1. The highest BCUT2D eigenvalue weighted by Crippen LogP contribution is 2.26. The third-order valence-electron chi connectivity index (χ3n) is 6.01. The van der Waals surface area contributed by atoms with Crippen LogP contribution in [0.3, 0.4) is 0 Å². The molecule has 0 saturated heterocycles. The molecule has 0 radical (unpaired) electrons. The molecule has 0 atom stereocenters. The van der Waals surface area contributed by atoms with Gasteiger partial charge in [0.15, 0.2) is 0 Å². The Labute approximate surface area is 218 Å². The van der Waals surface area contributed by atoms with E-state index in [1.807, 2.05) is 67.6 Å². The number of rotatable bonds is 10. The van der Waals surface area contributed by atoms with Gasteiger partial charge in [-0.1, -0.05) is 78.9 Å². The molecule has 37 heavy (non-hydrogen) atoms. The normalized spacial score (nSPS) is 11.5. The summed E-state index contributed by atoms with van der Waals surface area (Å²) in [5.74, 6) is 0.271. The molecule has 0 aliphatic carbocycles. The maximum atomic E-state index is 13.4. The van der Waals surface area contributed by atoms with E-state index in [9.17, 15) is 13.2 Å². The minimum Gasteiger partial charge on any atom is -0.494 e. The summed E-state index contributed by atoms with van der Waals surface area (Å²) in [6.45, 7) is 2.32. The van der Waals surface area contributed by atoms with Crippen molar-refractivity contribution in [3.63, 3.8) is 0 Å². The van der Waals surface area contributed by atoms with Gasteiger partial charge in [0.2, 0.25) is 10.0 Å². The minimum atomic E-state index is -3.72. The van der Waals surface area contributed by atoms with Crippen molar-refractivity contribution < 1.29 is 17.9 Å². The van der Waals surface area contributed by atoms with Crippen molar-refractivity contribution in [2.75, 3.05) is 13.7 Å². The van der Waals surface area contributed by atoms with Gasteiger partial charge in [-0.2, -0.15) is 4.31 Å². The van der Waals surface area contributed by atoms with E-state index in [0.29, 0.717) is 23.5 Å². The van der Waals surface area contributed by atoms with Crippen molar-refractivity contribution in [2.45, 2.75) is 24.4 Å². The van der Waals surface area contributed by atoms with Gasteiger partial charge in [-0.3, -0.25) is 4.79 Å². The molecule has 0 aliphatic rings. The molecular weight excluding hydrogens is 484 g/mol. The van der Waals surface area contributed by atoms with E-state index in [2.05, 4.69) is 5.32 Å². The Kier molecular flexibility index (Phi) is 8.38. The van der Waals surface area contributed by atoms with Crippen LogP contribution in [0.4, 0.5) is 0 Å². The SMILES string of the molecule is CCOc1ccc(C(=O)NC(c2ccccc2)c2ccccc2)cc1CN(C)S(=O)(=O)c1ccccc1. The highest BCUT2D eigenvalue weighted by molar-refractivity contribution is 7.89. The van der Waals surface area contributed by atoms with E-state index in [1.54, 1.807) is 48.5 Å².